The van der Waals surface area contributed by atoms with E-state index >= 15 is 0 Å². The summed E-state index contributed by atoms with van der Waals surface area (Å²) in [4.78, 5) is 4.81. The Hall–Kier alpha value is -0.0413. The number of aryl methyl sites for hydroxylation is 1. The van der Waals surface area contributed by atoms with Gasteiger partial charge in [0.05, 0.1) is 0 Å². The third kappa shape index (κ3) is 7.46. The Morgan fingerprint density at radius 1 is 1.00 bits per heavy atom. The molecule has 1 rings (SSSR count). The molecule has 0 bridgehead atoms. The van der Waals surface area contributed by atoms with Gasteiger partial charge in [-0.25, -0.2) is 0 Å². The fraction of sp³-hybridized carbons (Fsp3) is 0.833. The minimum atomic E-state index is -2.92. The molecule has 1 heterocycles. The third-order valence-electron chi connectivity index (χ3n) is 4.92. The summed E-state index contributed by atoms with van der Waals surface area (Å²) < 4.78 is 30.4. The molecule has 1 aromatic heterocycles. The SMILES string of the molecule is CCC[CH2][Sn]([CH2]CCC)([CH2]CCC)[c]1cn(CCS(C)(=O)=O)cn1. The number of sulfone groups is 1. The van der Waals surface area contributed by atoms with Crippen molar-refractivity contribution >= 4 is 31.9 Å². The molecule has 6 heteroatoms. The average Bonchev–Trinajstić information content (AvgIpc) is 3.01. The van der Waals surface area contributed by atoms with Gasteiger partial charge in [0, 0.05) is 0 Å². The Balaban J connectivity index is 3.00. The first-order valence-corrected chi connectivity index (χ1v) is 19.1. The summed E-state index contributed by atoms with van der Waals surface area (Å²) >= 11 is -2.46. The van der Waals surface area contributed by atoms with Gasteiger partial charge in [-0.15, -0.1) is 0 Å². The first-order chi connectivity index (χ1) is 11.4. The van der Waals surface area contributed by atoms with Crippen molar-refractivity contribution in [3.05, 3.63) is 12.5 Å². The van der Waals surface area contributed by atoms with Crippen LogP contribution in [0.25, 0.3) is 0 Å². The van der Waals surface area contributed by atoms with E-state index in [2.05, 4.69) is 27.0 Å². The van der Waals surface area contributed by atoms with Crippen LogP contribution in [0.1, 0.15) is 59.3 Å². The van der Waals surface area contributed by atoms with E-state index in [1.54, 1.807) is 0 Å². The molecule has 0 amide bonds. The van der Waals surface area contributed by atoms with Crippen LogP contribution in [0.2, 0.25) is 13.3 Å². The van der Waals surface area contributed by atoms with Gasteiger partial charge >= 0.3 is 154 Å². The Morgan fingerprint density at radius 2 is 1.50 bits per heavy atom. The normalized spacial score (nSPS) is 12.7. The zero-order valence-electron chi connectivity index (χ0n) is 16.1. The summed E-state index contributed by atoms with van der Waals surface area (Å²) in [7, 11) is -2.92. The van der Waals surface area contributed by atoms with Crippen LogP contribution >= 0.6 is 0 Å². The van der Waals surface area contributed by atoms with E-state index in [1.807, 2.05) is 10.9 Å². The van der Waals surface area contributed by atoms with Crippen molar-refractivity contribution < 1.29 is 8.42 Å². The van der Waals surface area contributed by atoms with Crippen LogP contribution < -0.4 is 3.71 Å². The van der Waals surface area contributed by atoms with E-state index in [-0.39, 0.29) is 5.75 Å². The second-order valence-electron chi connectivity index (χ2n) is 7.22. The summed E-state index contributed by atoms with van der Waals surface area (Å²) in [5.74, 6) is 0.199. The second-order valence-corrected chi connectivity index (χ2v) is 22.5. The number of hydrogen-bond donors (Lipinski definition) is 0. The standard InChI is InChI=1S/C6H9N2O2S.3C4H9.Sn/c1-11(9,10)5-4-8-3-2-7-6-8;3*1-3-4-2;/h3,6H,4-5H2,1H3;3*1,3-4H2,2H3;. The van der Waals surface area contributed by atoms with Gasteiger partial charge in [0.15, 0.2) is 0 Å². The topological polar surface area (TPSA) is 52.0 Å². The van der Waals surface area contributed by atoms with Crippen molar-refractivity contribution in [1.29, 1.82) is 0 Å². The molecule has 0 aliphatic carbocycles. The fourth-order valence-corrected chi connectivity index (χ4v) is 19.2. The number of hydrogen-bond acceptors (Lipinski definition) is 3. The molecule has 0 aliphatic heterocycles. The summed E-state index contributed by atoms with van der Waals surface area (Å²) in [5, 5.41) is 0. The molecule has 0 N–H and O–H groups in total. The Bertz CT molecular complexity index is 548. The molecular weight excluding hydrogens is 427 g/mol. The molecule has 24 heavy (non-hydrogen) atoms. The van der Waals surface area contributed by atoms with Crippen LogP contribution in [0, 0.1) is 0 Å². The molecule has 0 unspecified atom stereocenters. The van der Waals surface area contributed by atoms with Crippen molar-refractivity contribution in [2.45, 2.75) is 79.2 Å². The third-order valence-corrected chi connectivity index (χ3v) is 20.9. The van der Waals surface area contributed by atoms with Crippen LogP contribution in [-0.4, -0.2) is 48.4 Å². The van der Waals surface area contributed by atoms with Gasteiger partial charge in [-0.2, -0.15) is 0 Å². The predicted octanol–water partition coefficient (Wildman–Crippen LogP) is 3.98. The minimum absolute atomic E-state index is 0.199. The van der Waals surface area contributed by atoms with Gasteiger partial charge in [-0.1, -0.05) is 0 Å². The molecule has 0 fully saturated rings. The van der Waals surface area contributed by atoms with E-state index in [0.29, 0.717) is 6.54 Å². The summed E-state index contributed by atoms with van der Waals surface area (Å²) in [6.45, 7) is 7.37. The maximum absolute atomic E-state index is 11.4. The molecule has 1 aromatic rings. The average molecular weight is 463 g/mol. The van der Waals surface area contributed by atoms with Gasteiger partial charge in [-0.05, 0) is 0 Å². The van der Waals surface area contributed by atoms with Crippen molar-refractivity contribution in [2.24, 2.45) is 0 Å². The van der Waals surface area contributed by atoms with E-state index in [1.165, 1.54) is 61.8 Å². The van der Waals surface area contributed by atoms with Crippen LogP contribution in [0.15, 0.2) is 12.5 Å². The molecule has 0 spiro atoms. The molecule has 0 saturated heterocycles. The van der Waals surface area contributed by atoms with E-state index in [4.69, 9.17) is 4.98 Å². The number of rotatable bonds is 13. The molecule has 0 radical (unpaired) electrons. The Morgan fingerprint density at radius 3 is 1.92 bits per heavy atom. The zero-order valence-corrected chi connectivity index (χ0v) is 19.7. The first-order valence-electron chi connectivity index (χ1n) is 9.57. The van der Waals surface area contributed by atoms with Gasteiger partial charge in [0.25, 0.3) is 0 Å². The first kappa shape index (κ1) is 22.0. The van der Waals surface area contributed by atoms with Crippen LogP contribution in [0.4, 0.5) is 0 Å². The van der Waals surface area contributed by atoms with Gasteiger partial charge in [-0.3, -0.25) is 0 Å². The van der Waals surface area contributed by atoms with Crippen LogP contribution in [-0.2, 0) is 16.4 Å². The molecule has 0 atom stereocenters. The summed E-state index contributed by atoms with van der Waals surface area (Å²) in [5.41, 5.74) is 0. The van der Waals surface area contributed by atoms with Crippen molar-refractivity contribution in [3.8, 4) is 0 Å². The summed E-state index contributed by atoms with van der Waals surface area (Å²) in [6.07, 6.45) is 13.1. The van der Waals surface area contributed by atoms with E-state index < -0.39 is 28.2 Å². The van der Waals surface area contributed by atoms with Gasteiger partial charge in [0.2, 0.25) is 0 Å². The van der Waals surface area contributed by atoms with Gasteiger partial charge < -0.3 is 0 Å². The molecule has 0 aromatic carbocycles. The van der Waals surface area contributed by atoms with Crippen molar-refractivity contribution in [3.63, 3.8) is 0 Å². The van der Waals surface area contributed by atoms with Crippen LogP contribution in [0.3, 0.4) is 0 Å². The number of imidazole rings is 1. The van der Waals surface area contributed by atoms with E-state index in [0.717, 1.165) is 0 Å². The summed E-state index contributed by atoms with van der Waals surface area (Å²) in [6, 6.07) is 0. The second kappa shape index (κ2) is 10.8. The molecule has 140 valence electrons. The number of aromatic nitrogens is 2. The maximum atomic E-state index is 11.4. The fourth-order valence-electron chi connectivity index (χ4n) is 3.33. The number of nitrogens with zero attached hydrogens (tertiary/aromatic N) is 2. The van der Waals surface area contributed by atoms with E-state index in [9.17, 15) is 8.42 Å². The Kier molecular flexibility index (Phi) is 9.94. The van der Waals surface area contributed by atoms with Crippen LogP contribution in [0.5, 0.6) is 0 Å². The number of unbranched alkanes of at least 4 members (excludes halogenated alkanes) is 3. The zero-order chi connectivity index (χ0) is 18.1. The van der Waals surface area contributed by atoms with Crippen molar-refractivity contribution in [1.82, 2.24) is 9.55 Å². The monoisotopic (exact) mass is 464 g/mol. The molecule has 0 saturated carbocycles. The molecular formula is C18H36N2O2SSn. The predicted molar refractivity (Wildman–Crippen MR) is 106 cm³/mol. The Labute approximate surface area is 153 Å². The van der Waals surface area contributed by atoms with Gasteiger partial charge in [0.1, 0.15) is 0 Å². The quantitative estimate of drug-likeness (QED) is 0.416. The molecule has 4 nitrogen and oxygen atoms in total. The molecule has 0 aliphatic rings. The van der Waals surface area contributed by atoms with Crippen molar-refractivity contribution in [2.75, 3.05) is 12.0 Å².